The highest BCUT2D eigenvalue weighted by Crippen LogP contribution is 2.34. The van der Waals surface area contributed by atoms with E-state index in [0.29, 0.717) is 28.4 Å². The number of hydrogen-bond donors (Lipinski definition) is 1. The standard InChI is InChI=1S/C16H22Cl2N2O.2ClH/c1-2-21-16-13(17)7-11(8-14(16)18)9-19-15-10-20-5-3-12(15)4-6-20;;/h7-8,12,15,19H,2-6,9-10H2,1H3;2*1H. The fourth-order valence-corrected chi connectivity index (χ4v) is 4.08. The van der Waals surface area contributed by atoms with Gasteiger partial charge in [-0.05, 0) is 56.5 Å². The largest absolute Gasteiger partial charge is 0.491 e. The Morgan fingerprint density at radius 3 is 2.26 bits per heavy atom. The minimum absolute atomic E-state index is 0. The molecule has 3 nitrogen and oxygen atoms in total. The lowest BCUT2D eigenvalue weighted by Crippen LogP contribution is -2.55. The summed E-state index contributed by atoms with van der Waals surface area (Å²) < 4.78 is 5.47. The molecule has 1 aromatic rings. The van der Waals surface area contributed by atoms with Gasteiger partial charge in [-0.15, -0.1) is 24.8 Å². The van der Waals surface area contributed by atoms with Gasteiger partial charge >= 0.3 is 0 Å². The Kier molecular flexibility index (Phi) is 8.78. The Morgan fingerprint density at radius 2 is 1.78 bits per heavy atom. The van der Waals surface area contributed by atoms with Crippen LogP contribution in [0.2, 0.25) is 10.0 Å². The monoisotopic (exact) mass is 400 g/mol. The SMILES string of the molecule is CCOc1c(Cl)cc(CNC2CN3CCC2CC3)cc1Cl.Cl.Cl. The molecule has 1 atom stereocenters. The predicted octanol–water partition coefficient (Wildman–Crippen LogP) is 4.42. The average molecular weight is 402 g/mol. The molecule has 1 unspecified atom stereocenters. The molecule has 23 heavy (non-hydrogen) atoms. The molecule has 2 bridgehead atoms. The number of fused-ring (bicyclic) bond motifs is 3. The van der Waals surface area contributed by atoms with E-state index in [1.54, 1.807) is 0 Å². The van der Waals surface area contributed by atoms with E-state index < -0.39 is 0 Å². The summed E-state index contributed by atoms with van der Waals surface area (Å²) in [6.45, 7) is 7.00. The number of piperidine rings is 3. The number of halogens is 4. The van der Waals surface area contributed by atoms with Crippen LogP contribution in [0.4, 0.5) is 0 Å². The summed E-state index contributed by atoms with van der Waals surface area (Å²) in [6.07, 6.45) is 2.64. The number of ether oxygens (including phenoxy) is 1. The van der Waals surface area contributed by atoms with E-state index in [1.165, 1.54) is 32.5 Å². The van der Waals surface area contributed by atoms with Gasteiger partial charge in [-0.25, -0.2) is 0 Å². The summed E-state index contributed by atoms with van der Waals surface area (Å²) in [5.74, 6) is 1.41. The summed E-state index contributed by atoms with van der Waals surface area (Å²) >= 11 is 12.5. The van der Waals surface area contributed by atoms with Gasteiger partial charge in [0.05, 0.1) is 16.7 Å². The van der Waals surface area contributed by atoms with Crippen LogP contribution in [0.3, 0.4) is 0 Å². The third kappa shape index (κ3) is 5.04. The molecule has 132 valence electrons. The molecule has 0 radical (unpaired) electrons. The maximum atomic E-state index is 6.25. The van der Waals surface area contributed by atoms with Crippen LogP contribution < -0.4 is 10.1 Å². The fraction of sp³-hybridized carbons (Fsp3) is 0.625. The Morgan fingerprint density at radius 1 is 1.17 bits per heavy atom. The van der Waals surface area contributed by atoms with Gasteiger partial charge in [0.2, 0.25) is 0 Å². The van der Waals surface area contributed by atoms with Crippen molar-refractivity contribution in [2.75, 3.05) is 26.2 Å². The second-order valence-electron chi connectivity index (χ2n) is 5.95. The van der Waals surface area contributed by atoms with Gasteiger partial charge in [-0.2, -0.15) is 0 Å². The zero-order chi connectivity index (χ0) is 14.8. The van der Waals surface area contributed by atoms with Gasteiger partial charge < -0.3 is 15.0 Å². The first-order chi connectivity index (χ1) is 10.2. The van der Waals surface area contributed by atoms with Crippen LogP contribution in [0.1, 0.15) is 25.3 Å². The van der Waals surface area contributed by atoms with Crippen LogP contribution in [0.5, 0.6) is 5.75 Å². The molecule has 3 aliphatic heterocycles. The van der Waals surface area contributed by atoms with Crippen molar-refractivity contribution in [1.82, 2.24) is 10.2 Å². The normalized spacial score (nSPS) is 25.4. The molecule has 3 aliphatic rings. The van der Waals surface area contributed by atoms with E-state index in [2.05, 4.69) is 10.2 Å². The number of nitrogens with one attached hydrogen (secondary N) is 1. The second-order valence-corrected chi connectivity index (χ2v) is 6.76. The zero-order valence-corrected chi connectivity index (χ0v) is 16.3. The van der Waals surface area contributed by atoms with Crippen molar-refractivity contribution in [1.29, 1.82) is 0 Å². The lowest BCUT2D eigenvalue weighted by molar-refractivity contribution is 0.0720. The van der Waals surface area contributed by atoms with Crippen LogP contribution in [-0.2, 0) is 6.54 Å². The molecule has 3 saturated heterocycles. The van der Waals surface area contributed by atoms with Gasteiger partial charge in [0, 0.05) is 19.1 Å². The molecular formula is C16H24Cl4N2O. The summed E-state index contributed by atoms with van der Waals surface area (Å²) in [7, 11) is 0. The lowest BCUT2D eigenvalue weighted by Gasteiger charge is -2.45. The van der Waals surface area contributed by atoms with Crippen molar-refractivity contribution in [3.05, 3.63) is 27.7 Å². The highest BCUT2D eigenvalue weighted by Gasteiger charge is 2.33. The first kappa shape index (κ1) is 21.1. The third-order valence-electron chi connectivity index (χ3n) is 4.57. The zero-order valence-electron chi connectivity index (χ0n) is 13.2. The van der Waals surface area contributed by atoms with E-state index in [1.807, 2.05) is 19.1 Å². The lowest BCUT2D eigenvalue weighted by atomic mass is 9.84. The van der Waals surface area contributed by atoms with Crippen molar-refractivity contribution in [3.8, 4) is 5.75 Å². The van der Waals surface area contributed by atoms with Crippen molar-refractivity contribution in [2.45, 2.75) is 32.4 Å². The minimum atomic E-state index is 0. The topological polar surface area (TPSA) is 24.5 Å². The minimum Gasteiger partial charge on any atom is -0.491 e. The molecule has 0 spiro atoms. The molecule has 0 amide bonds. The van der Waals surface area contributed by atoms with Crippen LogP contribution >= 0.6 is 48.0 Å². The molecule has 1 N–H and O–H groups in total. The molecule has 0 aliphatic carbocycles. The second kappa shape index (κ2) is 9.55. The number of benzene rings is 1. The molecule has 0 aromatic heterocycles. The molecule has 4 rings (SSSR count). The average Bonchev–Trinajstić information content (AvgIpc) is 2.50. The number of nitrogens with zero attached hydrogens (tertiary/aromatic N) is 1. The first-order valence-electron chi connectivity index (χ1n) is 7.74. The van der Waals surface area contributed by atoms with E-state index in [0.717, 1.165) is 18.0 Å². The smallest absolute Gasteiger partial charge is 0.156 e. The van der Waals surface area contributed by atoms with Crippen molar-refractivity contribution < 1.29 is 4.74 Å². The maximum absolute atomic E-state index is 6.25. The van der Waals surface area contributed by atoms with Crippen molar-refractivity contribution in [2.24, 2.45) is 5.92 Å². The van der Waals surface area contributed by atoms with Gasteiger partial charge in [0.1, 0.15) is 0 Å². The highest BCUT2D eigenvalue weighted by atomic mass is 35.5. The van der Waals surface area contributed by atoms with Crippen LogP contribution in [0, 0.1) is 5.92 Å². The summed E-state index contributed by atoms with van der Waals surface area (Å²) in [5.41, 5.74) is 1.12. The highest BCUT2D eigenvalue weighted by molar-refractivity contribution is 6.37. The summed E-state index contributed by atoms with van der Waals surface area (Å²) in [6, 6.07) is 4.50. The molecule has 7 heteroatoms. The first-order valence-corrected chi connectivity index (χ1v) is 8.49. The fourth-order valence-electron chi connectivity index (χ4n) is 3.44. The quantitative estimate of drug-likeness (QED) is 0.790. The Labute approximate surface area is 160 Å². The molecule has 3 heterocycles. The maximum Gasteiger partial charge on any atom is 0.156 e. The van der Waals surface area contributed by atoms with Crippen LogP contribution in [0.25, 0.3) is 0 Å². The van der Waals surface area contributed by atoms with Crippen LogP contribution in [0.15, 0.2) is 12.1 Å². The van der Waals surface area contributed by atoms with Gasteiger partial charge in [0.25, 0.3) is 0 Å². The van der Waals surface area contributed by atoms with Gasteiger partial charge in [-0.3, -0.25) is 0 Å². The van der Waals surface area contributed by atoms with Gasteiger partial charge in [0.15, 0.2) is 5.75 Å². The Balaban J connectivity index is 0.00000132. The van der Waals surface area contributed by atoms with E-state index in [9.17, 15) is 0 Å². The number of hydrogen-bond acceptors (Lipinski definition) is 3. The molecule has 1 aromatic carbocycles. The Bertz CT molecular complexity index is 484. The Hall–Kier alpha value is 0.1000. The van der Waals surface area contributed by atoms with E-state index in [4.69, 9.17) is 27.9 Å². The van der Waals surface area contributed by atoms with E-state index in [-0.39, 0.29) is 24.8 Å². The molecule has 3 fully saturated rings. The number of rotatable bonds is 5. The molecule has 0 saturated carbocycles. The van der Waals surface area contributed by atoms with Crippen molar-refractivity contribution >= 4 is 48.0 Å². The predicted molar refractivity (Wildman–Crippen MR) is 102 cm³/mol. The van der Waals surface area contributed by atoms with Crippen molar-refractivity contribution in [3.63, 3.8) is 0 Å². The third-order valence-corrected chi connectivity index (χ3v) is 5.13. The van der Waals surface area contributed by atoms with Gasteiger partial charge in [-0.1, -0.05) is 23.2 Å². The summed E-state index contributed by atoms with van der Waals surface area (Å²) in [5, 5.41) is 4.86. The van der Waals surface area contributed by atoms with E-state index >= 15 is 0 Å². The molecular weight excluding hydrogens is 378 g/mol. The summed E-state index contributed by atoms with van der Waals surface area (Å²) in [4.78, 5) is 2.55. The van der Waals surface area contributed by atoms with Crippen LogP contribution in [-0.4, -0.2) is 37.2 Å².